The Kier molecular flexibility index (Phi) is 7.38. The Morgan fingerprint density at radius 1 is 0.900 bits per heavy atom. The van der Waals surface area contributed by atoms with Gasteiger partial charge >= 0.3 is 5.91 Å². The minimum absolute atomic E-state index is 0.0809. The molecule has 1 N–H and O–H groups in total. The minimum atomic E-state index is -1.75. The highest BCUT2D eigenvalue weighted by Gasteiger charge is 2.64. The highest BCUT2D eigenvalue weighted by atomic mass is 16.8. The van der Waals surface area contributed by atoms with E-state index in [-0.39, 0.29) is 10.7 Å². The van der Waals surface area contributed by atoms with E-state index in [4.69, 9.17) is 9.94 Å². The lowest BCUT2D eigenvalue weighted by atomic mass is 9.91. The van der Waals surface area contributed by atoms with E-state index in [1.54, 1.807) is 7.11 Å². The Balaban J connectivity index is 1.91. The third kappa shape index (κ3) is 4.31. The summed E-state index contributed by atoms with van der Waals surface area (Å²) in [6.07, 6.45) is 0. The molecule has 1 heterocycles. The fourth-order valence-electron chi connectivity index (χ4n) is 5.60. The summed E-state index contributed by atoms with van der Waals surface area (Å²) in [7, 11) is 1.62. The molecule has 40 heavy (non-hydrogen) atoms. The van der Waals surface area contributed by atoms with Gasteiger partial charge in [0.1, 0.15) is 18.8 Å². The van der Waals surface area contributed by atoms with E-state index in [0.29, 0.717) is 30.2 Å². The van der Waals surface area contributed by atoms with Crippen LogP contribution in [0.3, 0.4) is 0 Å². The molecule has 0 spiro atoms. The van der Waals surface area contributed by atoms with E-state index in [0.717, 1.165) is 16.3 Å². The first kappa shape index (κ1) is 27.1. The number of carbonyl (C=O) groups excluding carboxylic acids is 2. The van der Waals surface area contributed by atoms with Gasteiger partial charge in [0, 0.05) is 12.5 Å². The molecule has 0 aromatic heterocycles. The maximum Gasteiger partial charge on any atom is 0.306 e. The van der Waals surface area contributed by atoms with E-state index in [1.807, 2.05) is 122 Å². The lowest BCUT2D eigenvalue weighted by Gasteiger charge is -2.49. The van der Waals surface area contributed by atoms with Crippen molar-refractivity contribution in [1.82, 2.24) is 5.32 Å². The zero-order valence-electron chi connectivity index (χ0n) is 23.2. The number of hydrazone groups is 1. The van der Waals surface area contributed by atoms with Crippen molar-refractivity contribution < 1.29 is 19.2 Å². The Morgan fingerprint density at radius 2 is 1.50 bits per heavy atom. The summed E-state index contributed by atoms with van der Waals surface area (Å²) in [5, 5.41) is 13.3. The van der Waals surface area contributed by atoms with Crippen molar-refractivity contribution in [2.75, 3.05) is 30.2 Å². The van der Waals surface area contributed by atoms with Crippen LogP contribution in [0.4, 0.5) is 11.4 Å². The van der Waals surface area contributed by atoms with Crippen molar-refractivity contribution in [1.29, 1.82) is 0 Å². The van der Waals surface area contributed by atoms with Gasteiger partial charge in [-0.15, -0.1) is 5.01 Å². The molecule has 8 nitrogen and oxygen atoms in total. The molecule has 0 bridgehead atoms. The van der Waals surface area contributed by atoms with Gasteiger partial charge in [0.05, 0.1) is 18.5 Å². The zero-order valence-corrected chi connectivity index (χ0v) is 23.2. The number of hydroxylamine groups is 2. The van der Waals surface area contributed by atoms with Crippen LogP contribution in [0.2, 0.25) is 0 Å². The summed E-state index contributed by atoms with van der Waals surface area (Å²) in [4.78, 5) is 34.4. The summed E-state index contributed by atoms with van der Waals surface area (Å²) in [5.74, 6) is -0.791. The molecule has 4 aromatic rings. The molecule has 4 aromatic carbocycles. The van der Waals surface area contributed by atoms with Gasteiger partial charge in [0.2, 0.25) is 5.91 Å². The molecule has 8 heteroatoms. The molecule has 1 aliphatic heterocycles. The third-order valence-electron chi connectivity index (χ3n) is 7.46. The van der Waals surface area contributed by atoms with Crippen molar-refractivity contribution in [2.24, 2.45) is 5.10 Å². The largest absolute Gasteiger partial charge is 0.316 e. The van der Waals surface area contributed by atoms with Crippen LogP contribution in [0.15, 0.2) is 108 Å². The normalized spacial score (nSPS) is 17.1. The first-order chi connectivity index (χ1) is 19.4. The van der Waals surface area contributed by atoms with Crippen LogP contribution in [-0.2, 0) is 14.4 Å². The quantitative estimate of drug-likeness (QED) is 0.180. The standard InChI is InChI=1S/C32H33N5O3/c1-5-37(6-2,40-4)36(27-20-11-8-12-21-27)32(33-24(3)38)30(29-23-15-17-25-16-13-14-22-28(25)29)34-35(31(32)39)26-18-9-7-10-19-26/h7-23H,5-6H2,1-4H3/p+1. The molecule has 204 valence electrons. The van der Waals surface area contributed by atoms with Gasteiger partial charge in [0.25, 0.3) is 5.66 Å². The van der Waals surface area contributed by atoms with Gasteiger partial charge in [-0.3, -0.25) is 9.59 Å². The topological polar surface area (TPSA) is 74.2 Å². The van der Waals surface area contributed by atoms with Gasteiger partial charge in [-0.25, -0.2) is 0 Å². The number of nitrogens with zero attached hydrogens (tertiary/aromatic N) is 4. The molecule has 0 radical (unpaired) electrons. The molecule has 0 aliphatic carbocycles. The molecular weight excluding hydrogens is 502 g/mol. The Bertz CT molecular complexity index is 1540. The fourth-order valence-corrected chi connectivity index (χ4v) is 5.60. The number of para-hydroxylation sites is 2. The van der Waals surface area contributed by atoms with Crippen molar-refractivity contribution in [3.05, 3.63) is 109 Å². The summed E-state index contributed by atoms with van der Waals surface area (Å²) in [5.41, 5.74) is 0.668. The lowest BCUT2D eigenvalue weighted by molar-refractivity contribution is -1.11. The average molecular weight is 537 g/mol. The van der Waals surface area contributed by atoms with E-state index in [1.165, 1.54) is 11.9 Å². The predicted molar refractivity (Wildman–Crippen MR) is 158 cm³/mol. The van der Waals surface area contributed by atoms with Gasteiger partial charge in [-0.1, -0.05) is 83.6 Å². The van der Waals surface area contributed by atoms with Gasteiger partial charge in [0.15, 0.2) is 0 Å². The van der Waals surface area contributed by atoms with E-state index < -0.39 is 11.6 Å². The van der Waals surface area contributed by atoms with Crippen LogP contribution >= 0.6 is 0 Å². The fraction of sp³-hybridized carbons (Fsp3) is 0.219. The third-order valence-corrected chi connectivity index (χ3v) is 7.46. The highest BCUT2D eigenvalue weighted by Crippen LogP contribution is 2.40. The monoisotopic (exact) mass is 536 g/mol. The molecule has 1 atom stereocenters. The number of rotatable bonds is 9. The van der Waals surface area contributed by atoms with Gasteiger partial charge in [-0.05, 0) is 48.9 Å². The summed E-state index contributed by atoms with van der Waals surface area (Å²) >= 11 is 0. The number of quaternary nitrogens is 1. The number of benzene rings is 4. The first-order valence-electron chi connectivity index (χ1n) is 13.5. The second-order valence-corrected chi connectivity index (χ2v) is 9.63. The van der Waals surface area contributed by atoms with E-state index in [9.17, 15) is 9.59 Å². The van der Waals surface area contributed by atoms with Crippen molar-refractivity contribution in [3.8, 4) is 0 Å². The number of amides is 2. The molecule has 0 fully saturated rings. The average Bonchev–Trinajstić information content (AvgIpc) is 3.27. The van der Waals surface area contributed by atoms with Gasteiger partial charge < -0.3 is 5.32 Å². The van der Waals surface area contributed by atoms with Crippen molar-refractivity contribution in [2.45, 2.75) is 26.4 Å². The van der Waals surface area contributed by atoms with Crippen LogP contribution < -0.4 is 15.3 Å². The molecule has 0 saturated carbocycles. The Morgan fingerprint density at radius 3 is 2.12 bits per heavy atom. The van der Waals surface area contributed by atoms with Crippen LogP contribution in [0.25, 0.3) is 10.8 Å². The predicted octanol–water partition coefficient (Wildman–Crippen LogP) is 5.26. The number of carbonyl (C=O) groups is 2. The Labute approximate surface area is 234 Å². The van der Waals surface area contributed by atoms with Gasteiger partial charge in [-0.2, -0.15) is 14.9 Å². The van der Waals surface area contributed by atoms with Crippen LogP contribution in [-0.4, -0.2) is 48.1 Å². The summed E-state index contributed by atoms with van der Waals surface area (Å²) in [6, 6.07) is 32.7. The smallest absolute Gasteiger partial charge is 0.306 e. The number of hydrogen-bond donors (Lipinski definition) is 1. The second-order valence-electron chi connectivity index (χ2n) is 9.63. The molecule has 2 amide bonds. The van der Waals surface area contributed by atoms with Crippen molar-refractivity contribution in [3.63, 3.8) is 0 Å². The minimum Gasteiger partial charge on any atom is -0.316 e. The maximum absolute atomic E-state index is 15.0. The molecule has 1 aliphatic rings. The maximum atomic E-state index is 15.0. The Hall–Kier alpha value is -4.53. The molecule has 5 rings (SSSR count). The van der Waals surface area contributed by atoms with E-state index >= 15 is 0 Å². The first-order valence-corrected chi connectivity index (χ1v) is 13.5. The highest BCUT2D eigenvalue weighted by molar-refractivity contribution is 6.33. The molecule has 0 saturated heterocycles. The summed E-state index contributed by atoms with van der Waals surface area (Å²) in [6.45, 7) is 6.36. The number of nitrogens with one attached hydrogen (secondary N) is 1. The second kappa shape index (κ2) is 10.9. The number of anilines is 2. The van der Waals surface area contributed by atoms with Crippen LogP contribution in [0, 0.1) is 0 Å². The van der Waals surface area contributed by atoms with E-state index in [2.05, 4.69) is 5.32 Å². The summed E-state index contributed by atoms with van der Waals surface area (Å²) < 4.78 is -0.0809. The van der Waals surface area contributed by atoms with Crippen molar-refractivity contribution >= 4 is 39.7 Å². The lowest BCUT2D eigenvalue weighted by Crippen LogP contribution is -2.79. The molecular formula is C32H34N5O3+. The number of fused-ring (bicyclic) bond motifs is 1. The molecule has 1 unspecified atom stereocenters. The zero-order chi connectivity index (χ0) is 28.3. The van der Waals surface area contributed by atoms with Crippen LogP contribution in [0.5, 0.6) is 0 Å². The van der Waals surface area contributed by atoms with Crippen LogP contribution in [0.1, 0.15) is 26.3 Å². The number of hydrogen-bond acceptors (Lipinski definition) is 5. The SMILES string of the molecule is CC[N+](CC)(OC)N(c1ccccc1)C1(NC(C)=O)C(=O)N(c2ccccc2)N=C1c1cccc2ccccc12.